The first-order chi connectivity index (χ1) is 6.69. The van der Waals surface area contributed by atoms with Gasteiger partial charge >= 0.3 is 0 Å². The van der Waals surface area contributed by atoms with Crippen LogP contribution in [-0.4, -0.2) is 27.1 Å². The van der Waals surface area contributed by atoms with Gasteiger partial charge in [-0.05, 0) is 0 Å². The number of aromatic amines is 1. The molecular weight excluding hydrogens is 186 g/mol. The van der Waals surface area contributed by atoms with Crippen molar-refractivity contribution in [3.63, 3.8) is 0 Å². The van der Waals surface area contributed by atoms with Gasteiger partial charge in [0.1, 0.15) is 5.82 Å². The molecule has 14 heavy (non-hydrogen) atoms. The van der Waals surface area contributed by atoms with Crippen LogP contribution in [0.3, 0.4) is 0 Å². The Labute approximate surface area is 80.0 Å². The molecule has 0 fully saturated rings. The van der Waals surface area contributed by atoms with Crippen LogP contribution in [0.15, 0.2) is 11.4 Å². The first-order valence-electron chi connectivity index (χ1n) is 4.00. The zero-order valence-electron chi connectivity index (χ0n) is 7.61. The van der Waals surface area contributed by atoms with Crippen molar-refractivity contribution in [3.8, 4) is 0 Å². The largest absolute Gasteiger partial charge is 0.409 e. The van der Waals surface area contributed by atoms with Crippen molar-refractivity contribution in [2.45, 2.75) is 13.3 Å². The van der Waals surface area contributed by atoms with Gasteiger partial charge in [-0.1, -0.05) is 12.1 Å². The number of rotatable bonds is 3. The molecule has 1 amide bonds. The molecule has 0 atom stereocenters. The van der Waals surface area contributed by atoms with Crippen LogP contribution >= 0.6 is 0 Å². The summed E-state index contributed by atoms with van der Waals surface area (Å²) in [6, 6.07) is 0. The van der Waals surface area contributed by atoms with Crippen LogP contribution in [0.4, 0.5) is 5.82 Å². The molecule has 0 bridgehead atoms. The van der Waals surface area contributed by atoms with Gasteiger partial charge in [0.05, 0.1) is 11.8 Å². The summed E-state index contributed by atoms with van der Waals surface area (Å²) in [6.07, 6.45) is 1.70. The molecule has 7 nitrogen and oxygen atoms in total. The molecule has 0 aliphatic heterocycles. The monoisotopic (exact) mass is 197 g/mol. The Morgan fingerprint density at radius 3 is 3.14 bits per heavy atom. The predicted molar refractivity (Wildman–Crippen MR) is 50.0 cm³/mol. The average molecular weight is 197 g/mol. The molecule has 7 heteroatoms. The van der Waals surface area contributed by atoms with Crippen LogP contribution in [0, 0.1) is 0 Å². The van der Waals surface area contributed by atoms with Crippen molar-refractivity contribution >= 4 is 17.6 Å². The second-order valence-corrected chi connectivity index (χ2v) is 2.55. The molecule has 0 radical (unpaired) electrons. The molecule has 0 saturated heterocycles. The van der Waals surface area contributed by atoms with Gasteiger partial charge in [0.25, 0.3) is 0 Å². The number of amides is 1. The van der Waals surface area contributed by atoms with Crippen molar-refractivity contribution < 1.29 is 10.0 Å². The van der Waals surface area contributed by atoms with E-state index in [1.54, 1.807) is 6.92 Å². The highest BCUT2D eigenvalue weighted by Gasteiger charge is 2.10. The Balaban J connectivity index is 2.88. The van der Waals surface area contributed by atoms with E-state index in [0.29, 0.717) is 17.8 Å². The van der Waals surface area contributed by atoms with Gasteiger partial charge in [0.15, 0.2) is 5.84 Å². The minimum atomic E-state index is -0.179. The maximum absolute atomic E-state index is 11.0. The lowest BCUT2D eigenvalue weighted by Gasteiger charge is -2.02. The zero-order valence-corrected chi connectivity index (χ0v) is 7.61. The lowest BCUT2D eigenvalue weighted by molar-refractivity contribution is -0.115. The lowest BCUT2D eigenvalue weighted by Crippen LogP contribution is -2.17. The molecule has 76 valence electrons. The summed E-state index contributed by atoms with van der Waals surface area (Å²) in [5, 5.41) is 20.0. The number of oxime groups is 1. The Morgan fingerprint density at radius 2 is 2.57 bits per heavy atom. The number of carbonyl (C=O) groups is 1. The van der Waals surface area contributed by atoms with E-state index in [2.05, 4.69) is 20.7 Å². The molecule has 1 heterocycles. The van der Waals surface area contributed by atoms with E-state index in [4.69, 9.17) is 10.9 Å². The molecule has 0 aliphatic carbocycles. The first-order valence-corrected chi connectivity index (χ1v) is 4.00. The molecule has 1 aromatic rings. The lowest BCUT2D eigenvalue weighted by atomic mass is 10.3. The number of hydrogen-bond donors (Lipinski definition) is 4. The Morgan fingerprint density at radius 1 is 1.86 bits per heavy atom. The third-order valence-corrected chi connectivity index (χ3v) is 1.61. The van der Waals surface area contributed by atoms with Gasteiger partial charge < -0.3 is 16.3 Å². The Bertz CT molecular complexity index is 357. The molecule has 1 rings (SSSR count). The number of nitrogens with one attached hydrogen (secondary N) is 2. The number of nitrogens with two attached hydrogens (primary N) is 1. The minimum absolute atomic E-state index is 0.106. The third-order valence-electron chi connectivity index (χ3n) is 1.61. The Hall–Kier alpha value is -2.05. The van der Waals surface area contributed by atoms with Crippen molar-refractivity contribution in [1.29, 1.82) is 0 Å². The zero-order chi connectivity index (χ0) is 10.6. The highest BCUT2D eigenvalue weighted by Crippen LogP contribution is 2.10. The van der Waals surface area contributed by atoms with Crippen molar-refractivity contribution in [3.05, 3.63) is 11.8 Å². The van der Waals surface area contributed by atoms with Crippen LogP contribution in [0.1, 0.15) is 18.9 Å². The highest BCUT2D eigenvalue weighted by atomic mass is 16.4. The second kappa shape index (κ2) is 4.26. The van der Waals surface area contributed by atoms with Crippen LogP contribution < -0.4 is 11.1 Å². The van der Waals surface area contributed by atoms with Crippen LogP contribution in [-0.2, 0) is 4.79 Å². The fraction of sp³-hybridized carbons (Fsp3) is 0.286. The molecule has 0 saturated carbocycles. The topological polar surface area (TPSA) is 116 Å². The standard InChI is InChI=1S/C7H11N5O2/c1-2-5(13)10-7-4(3-9-11-7)6(8)12-14/h3,14H,2H2,1H3,(H2,8,12)(H2,9,10,11,13). The Kier molecular flexibility index (Phi) is 3.05. The fourth-order valence-corrected chi connectivity index (χ4v) is 0.857. The number of amidine groups is 1. The number of hydrogen-bond acceptors (Lipinski definition) is 4. The smallest absolute Gasteiger partial charge is 0.225 e. The van der Waals surface area contributed by atoms with E-state index >= 15 is 0 Å². The van der Waals surface area contributed by atoms with Crippen molar-refractivity contribution in [1.82, 2.24) is 10.2 Å². The fourth-order valence-electron chi connectivity index (χ4n) is 0.857. The van der Waals surface area contributed by atoms with Gasteiger partial charge in [-0.3, -0.25) is 9.89 Å². The number of aromatic nitrogens is 2. The van der Waals surface area contributed by atoms with Crippen LogP contribution in [0.2, 0.25) is 0 Å². The summed E-state index contributed by atoms with van der Waals surface area (Å²) in [7, 11) is 0. The second-order valence-electron chi connectivity index (χ2n) is 2.55. The summed E-state index contributed by atoms with van der Waals surface area (Å²) >= 11 is 0. The predicted octanol–water partition coefficient (Wildman–Crippen LogP) is -0.147. The van der Waals surface area contributed by atoms with Crippen molar-refractivity contribution in [2.24, 2.45) is 10.9 Å². The normalized spacial score (nSPS) is 11.4. The number of H-pyrrole nitrogens is 1. The average Bonchev–Trinajstić information content (AvgIpc) is 2.64. The van der Waals surface area contributed by atoms with Crippen LogP contribution in [0.25, 0.3) is 0 Å². The number of nitrogens with zero attached hydrogens (tertiary/aromatic N) is 2. The highest BCUT2D eigenvalue weighted by molar-refractivity contribution is 6.04. The van der Waals surface area contributed by atoms with E-state index in [1.165, 1.54) is 6.20 Å². The van der Waals surface area contributed by atoms with Crippen LogP contribution in [0.5, 0.6) is 0 Å². The number of carbonyl (C=O) groups excluding carboxylic acids is 1. The van der Waals surface area contributed by atoms with Gasteiger partial charge in [-0.25, -0.2) is 0 Å². The van der Waals surface area contributed by atoms with E-state index in [9.17, 15) is 4.79 Å². The molecular formula is C7H11N5O2. The van der Waals surface area contributed by atoms with E-state index in [1.807, 2.05) is 0 Å². The van der Waals surface area contributed by atoms with Gasteiger partial charge in [0.2, 0.25) is 5.91 Å². The quantitative estimate of drug-likeness (QED) is 0.233. The molecule has 0 unspecified atom stereocenters. The van der Waals surface area contributed by atoms with E-state index < -0.39 is 0 Å². The summed E-state index contributed by atoms with van der Waals surface area (Å²) < 4.78 is 0. The van der Waals surface area contributed by atoms with E-state index in [0.717, 1.165) is 0 Å². The maximum Gasteiger partial charge on any atom is 0.225 e. The summed E-state index contributed by atoms with van der Waals surface area (Å²) in [6.45, 7) is 1.72. The summed E-state index contributed by atoms with van der Waals surface area (Å²) in [5.41, 5.74) is 5.70. The number of anilines is 1. The van der Waals surface area contributed by atoms with Gasteiger partial charge in [0, 0.05) is 6.42 Å². The molecule has 1 aromatic heterocycles. The molecule has 0 aromatic carbocycles. The minimum Gasteiger partial charge on any atom is -0.409 e. The first kappa shape index (κ1) is 10.0. The maximum atomic E-state index is 11.0. The molecule has 0 spiro atoms. The summed E-state index contributed by atoms with van der Waals surface area (Å²) in [4.78, 5) is 11.0. The van der Waals surface area contributed by atoms with Gasteiger partial charge in [-0.15, -0.1) is 0 Å². The third kappa shape index (κ3) is 2.00. The molecule has 5 N–H and O–H groups in total. The summed E-state index contributed by atoms with van der Waals surface area (Å²) in [5.74, 6) is 0.0403. The van der Waals surface area contributed by atoms with Crippen molar-refractivity contribution in [2.75, 3.05) is 5.32 Å². The SMILES string of the molecule is CCC(=O)Nc1[nH]ncc1C(N)=NO. The van der Waals surface area contributed by atoms with E-state index in [-0.39, 0.29) is 11.7 Å². The molecule has 0 aliphatic rings. The van der Waals surface area contributed by atoms with Gasteiger partial charge in [-0.2, -0.15) is 5.10 Å².